The SMILES string of the molecule is OCc1c(C2=NCc3ccc4c(c3C2)OCO4)ccc2c1OCO2. The van der Waals surface area contributed by atoms with E-state index in [0.29, 0.717) is 24.5 Å². The molecule has 3 heterocycles. The van der Waals surface area contributed by atoms with E-state index in [0.717, 1.165) is 39.5 Å². The van der Waals surface area contributed by atoms with E-state index in [4.69, 9.17) is 23.9 Å². The largest absolute Gasteiger partial charge is 0.454 e. The van der Waals surface area contributed by atoms with Crippen molar-refractivity contribution < 1.29 is 24.1 Å². The monoisotopic (exact) mass is 325 g/mol. The second-order valence-electron chi connectivity index (χ2n) is 5.86. The maximum atomic E-state index is 9.83. The van der Waals surface area contributed by atoms with Gasteiger partial charge in [0.05, 0.1) is 13.2 Å². The van der Waals surface area contributed by atoms with Crippen molar-refractivity contribution in [3.8, 4) is 23.0 Å². The van der Waals surface area contributed by atoms with Crippen molar-refractivity contribution in [2.75, 3.05) is 13.6 Å². The average molecular weight is 325 g/mol. The molecule has 1 N–H and O–H groups in total. The van der Waals surface area contributed by atoms with E-state index in [1.165, 1.54) is 0 Å². The second kappa shape index (κ2) is 5.14. The molecule has 0 saturated carbocycles. The molecule has 6 nitrogen and oxygen atoms in total. The smallest absolute Gasteiger partial charge is 0.231 e. The van der Waals surface area contributed by atoms with Gasteiger partial charge in [-0.3, -0.25) is 4.99 Å². The van der Waals surface area contributed by atoms with Gasteiger partial charge < -0.3 is 24.1 Å². The summed E-state index contributed by atoms with van der Waals surface area (Å²) in [6.45, 7) is 0.894. The van der Waals surface area contributed by atoms with Gasteiger partial charge in [0, 0.05) is 28.8 Å². The number of nitrogens with zero attached hydrogens (tertiary/aromatic N) is 1. The molecular weight excluding hydrogens is 310 g/mol. The van der Waals surface area contributed by atoms with Crippen molar-refractivity contribution in [1.82, 2.24) is 0 Å². The van der Waals surface area contributed by atoms with Gasteiger partial charge in [0.2, 0.25) is 13.6 Å². The summed E-state index contributed by atoms with van der Waals surface area (Å²) >= 11 is 0. The highest BCUT2D eigenvalue weighted by Crippen LogP contribution is 2.42. The van der Waals surface area contributed by atoms with Crippen LogP contribution in [0.1, 0.15) is 22.3 Å². The van der Waals surface area contributed by atoms with Crippen LogP contribution in [-0.2, 0) is 19.6 Å². The number of hydrogen-bond acceptors (Lipinski definition) is 6. The Balaban J connectivity index is 1.58. The third-order valence-corrected chi connectivity index (χ3v) is 4.63. The van der Waals surface area contributed by atoms with Gasteiger partial charge in [-0.25, -0.2) is 0 Å². The van der Waals surface area contributed by atoms with E-state index in [-0.39, 0.29) is 20.2 Å². The Morgan fingerprint density at radius 2 is 1.67 bits per heavy atom. The zero-order valence-corrected chi connectivity index (χ0v) is 12.9. The molecule has 0 aromatic heterocycles. The molecule has 0 radical (unpaired) electrons. The summed E-state index contributed by atoms with van der Waals surface area (Å²) < 4.78 is 22.0. The van der Waals surface area contributed by atoms with Crippen molar-refractivity contribution in [2.45, 2.75) is 19.6 Å². The highest BCUT2D eigenvalue weighted by atomic mass is 16.7. The number of hydrogen-bond donors (Lipinski definition) is 1. The fraction of sp³-hybridized carbons (Fsp3) is 0.278. The van der Waals surface area contributed by atoms with Crippen molar-refractivity contribution in [2.24, 2.45) is 4.99 Å². The maximum absolute atomic E-state index is 9.83. The van der Waals surface area contributed by atoms with Crippen molar-refractivity contribution in [1.29, 1.82) is 0 Å². The standard InChI is InChI=1S/C18H15NO5/c20-7-13-11(2-4-16-18(13)24-9-22-16)14-5-12-10(6-19-14)1-3-15-17(12)23-8-21-15/h1-4,20H,5-9H2. The molecule has 0 saturated heterocycles. The minimum atomic E-state index is -0.125. The fourth-order valence-electron chi connectivity index (χ4n) is 3.45. The first-order chi connectivity index (χ1) is 11.8. The number of fused-ring (bicyclic) bond motifs is 4. The Hall–Kier alpha value is -2.73. The normalized spacial score (nSPS) is 16.8. The number of aliphatic hydroxyl groups excluding tert-OH is 1. The summed E-state index contributed by atoms with van der Waals surface area (Å²) in [6, 6.07) is 7.77. The first-order valence-electron chi connectivity index (χ1n) is 7.81. The Morgan fingerprint density at radius 1 is 0.917 bits per heavy atom. The zero-order chi connectivity index (χ0) is 16.1. The third-order valence-electron chi connectivity index (χ3n) is 4.63. The average Bonchev–Trinajstić information content (AvgIpc) is 3.29. The summed E-state index contributed by atoms with van der Waals surface area (Å²) in [4.78, 5) is 4.71. The van der Waals surface area contributed by atoms with Crippen molar-refractivity contribution >= 4 is 5.71 Å². The molecule has 0 amide bonds. The van der Waals surface area contributed by atoms with E-state index in [1.807, 2.05) is 24.3 Å². The lowest BCUT2D eigenvalue weighted by Crippen LogP contribution is -2.15. The predicted octanol–water partition coefficient (Wildman–Crippen LogP) is 2.18. The number of rotatable bonds is 2. The van der Waals surface area contributed by atoms with E-state index in [2.05, 4.69) is 0 Å². The van der Waals surface area contributed by atoms with E-state index >= 15 is 0 Å². The highest BCUT2D eigenvalue weighted by molar-refractivity contribution is 6.05. The molecule has 2 aromatic rings. The minimum Gasteiger partial charge on any atom is -0.454 e. The van der Waals surface area contributed by atoms with Crippen LogP contribution in [-0.4, -0.2) is 24.4 Å². The lowest BCUT2D eigenvalue weighted by molar-refractivity contribution is 0.171. The molecule has 122 valence electrons. The molecule has 0 aliphatic carbocycles. The Labute approximate surface area is 138 Å². The Kier molecular flexibility index (Phi) is 2.93. The summed E-state index contributed by atoms with van der Waals surface area (Å²) in [5, 5.41) is 9.83. The van der Waals surface area contributed by atoms with Crippen LogP contribution < -0.4 is 18.9 Å². The first kappa shape index (κ1) is 13.7. The fourth-order valence-corrected chi connectivity index (χ4v) is 3.45. The lowest BCUT2D eigenvalue weighted by atomic mass is 9.91. The molecule has 24 heavy (non-hydrogen) atoms. The molecule has 3 aliphatic heterocycles. The minimum absolute atomic E-state index is 0.125. The van der Waals surface area contributed by atoms with E-state index in [9.17, 15) is 5.11 Å². The number of benzene rings is 2. The van der Waals surface area contributed by atoms with Crippen molar-refractivity contribution in [3.63, 3.8) is 0 Å². The molecule has 3 aliphatic rings. The van der Waals surface area contributed by atoms with Crippen LogP contribution in [0.3, 0.4) is 0 Å². The molecule has 0 spiro atoms. The number of ether oxygens (including phenoxy) is 4. The number of aliphatic hydroxyl groups is 1. The molecule has 0 fully saturated rings. The van der Waals surface area contributed by atoms with Gasteiger partial charge in [0.15, 0.2) is 23.0 Å². The number of aliphatic imine (C=N–C) groups is 1. The summed E-state index contributed by atoms with van der Waals surface area (Å²) in [7, 11) is 0. The summed E-state index contributed by atoms with van der Waals surface area (Å²) in [5.74, 6) is 2.87. The quantitative estimate of drug-likeness (QED) is 0.916. The zero-order valence-electron chi connectivity index (χ0n) is 12.9. The molecule has 6 heteroatoms. The molecule has 5 rings (SSSR count). The van der Waals surface area contributed by atoms with Crippen LogP contribution in [0.5, 0.6) is 23.0 Å². The Morgan fingerprint density at radius 3 is 2.50 bits per heavy atom. The van der Waals surface area contributed by atoms with E-state index in [1.54, 1.807) is 0 Å². The molecule has 0 atom stereocenters. The summed E-state index contributed by atoms with van der Waals surface area (Å²) in [5.41, 5.74) is 4.78. The van der Waals surface area contributed by atoms with Crippen LogP contribution in [0, 0.1) is 0 Å². The topological polar surface area (TPSA) is 69.5 Å². The van der Waals surface area contributed by atoms with Crippen LogP contribution in [0.25, 0.3) is 0 Å². The molecular formula is C18H15NO5. The van der Waals surface area contributed by atoms with Gasteiger partial charge in [-0.15, -0.1) is 0 Å². The van der Waals surface area contributed by atoms with Crippen LogP contribution >= 0.6 is 0 Å². The summed E-state index contributed by atoms with van der Waals surface area (Å²) in [6.07, 6.45) is 0.633. The lowest BCUT2D eigenvalue weighted by Gasteiger charge is -2.20. The molecule has 2 aromatic carbocycles. The van der Waals surface area contributed by atoms with Gasteiger partial charge in [-0.2, -0.15) is 0 Å². The van der Waals surface area contributed by atoms with Crippen LogP contribution in [0.15, 0.2) is 29.3 Å². The van der Waals surface area contributed by atoms with Gasteiger partial charge >= 0.3 is 0 Å². The van der Waals surface area contributed by atoms with Crippen LogP contribution in [0.2, 0.25) is 0 Å². The van der Waals surface area contributed by atoms with Gasteiger partial charge in [-0.05, 0) is 23.8 Å². The Bertz CT molecular complexity index is 874. The maximum Gasteiger partial charge on any atom is 0.231 e. The third kappa shape index (κ3) is 1.89. The molecule has 0 bridgehead atoms. The molecule has 0 unspecified atom stereocenters. The van der Waals surface area contributed by atoms with Gasteiger partial charge in [-0.1, -0.05) is 6.07 Å². The van der Waals surface area contributed by atoms with Crippen LogP contribution in [0.4, 0.5) is 0 Å². The second-order valence-corrected chi connectivity index (χ2v) is 5.86. The first-order valence-corrected chi connectivity index (χ1v) is 7.81. The highest BCUT2D eigenvalue weighted by Gasteiger charge is 2.27. The van der Waals surface area contributed by atoms with Gasteiger partial charge in [0.25, 0.3) is 0 Å². The van der Waals surface area contributed by atoms with Gasteiger partial charge in [0.1, 0.15) is 0 Å². The van der Waals surface area contributed by atoms with E-state index < -0.39 is 0 Å². The predicted molar refractivity (Wildman–Crippen MR) is 85.0 cm³/mol. The van der Waals surface area contributed by atoms with Crippen molar-refractivity contribution in [3.05, 3.63) is 46.5 Å².